The van der Waals surface area contributed by atoms with Crippen LogP contribution in [-0.2, 0) is 9.53 Å². The van der Waals surface area contributed by atoms with Crippen LogP contribution in [0.25, 0.3) is 0 Å². The molecule has 8 nitrogen and oxygen atoms in total. The number of esters is 1. The molecule has 0 atom stereocenters. The molecule has 1 saturated carbocycles. The molecule has 1 aromatic rings. The van der Waals surface area contributed by atoms with Crippen molar-refractivity contribution >= 4 is 17.6 Å². The average molecular weight is 360 g/mol. The van der Waals surface area contributed by atoms with E-state index in [4.69, 9.17) is 20.5 Å². The molecular formula is C18H24N4O4. The first-order chi connectivity index (χ1) is 12.5. The summed E-state index contributed by atoms with van der Waals surface area (Å²) in [4.78, 5) is 28.0. The summed E-state index contributed by atoms with van der Waals surface area (Å²) < 4.78 is 10.1. The van der Waals surface area contributed by atoms with Crippen LogP contribution in [0.4, 0.5) is 5.69 Å². The van der Waals surface area contributed by atoms with Gasteiger partial charge in [-0.1, -0.05) is 0 Å². The number of anilines is 1. The lowest BCUT2D eigenvalue weighted by molar-refractivity contribution is -0.146. The Morgan fingerprint density at radius 1 is 1.38 bits per heavy atom. The number of hydrogen-bond acceptors (Lipinski definition) is 7. The highest BCUT2D eigenvalue weighted by molar-refractivity contribution is 5.93. The largest absolute Gasteiger partial charge is 0.477 e. The van der Waals surface area contributed by atoms with Crippen molar-refractivity contribution in [2.45, 2.75) is 32.6 Å². The van der Waals surface area contributed by atoms with Gasteiger partial charge in [0, 0.05) is 6.54 Å². The van der Waals surface area contributed by atoms with Gasteiger partial charge < -0.3 is 20.5 Å². The molecule has 0 saturated heterocycles. The third-order valence-corrected chi connectivity index (χ3v) is 4.57. The van der Waals surface area contributed by atoms with Crippen molar-refractivity contribution in [2.75, 3.05) is 26.0 Å². The van der Waals surface area contributed by atoms with E-state index in [0.717, 1.165) is 25.7 Å². The number of nitrogens with one attached hydrogen (secondary N) is 1. The maximum atomic E-state index is 12.4. The van der Waals surface area contributed by atoms with E-state index in [0.29, 0.717) is 19.1 Å². The number of nitrogens with two attached hydrogens (primary N) is 1. The summed E-state index contributed by atoms with van der Waals surface area (Å²) in [6.45, 7) is 2.57. The Morgan fingerprint density at radius 3 is 2.65 bits per heavy atom. The molecule has 140 valence electrons. The molecule has 1 fully saturated rings. The molecule has 1 aliphatic rings. The van der Waals surface area contributed by atoms with Crippen LogP contribution in [0.3, 0.4) is 0 Å². The van der Waals surface area contributed by atoms with Crippen LogP contribution in [0.2, 0.25) is 0 Å². The summed E-state index contributed by atoms with van der Waals surface area (Å²) in [5.41, 5.74) is 6.24. The fraction of sp³-hybridized carbons (Fsp3) is 0.556. The molecule has 1 aromatic heterocycles. The summed E-state index contributed by atoms with van der Waals surface area (Å²) in [5.74, 6) is -0.188. The second-order valence-corrected chi connectivity index (χ2v) is 6.27. The number of aromatic nitrogens is 1. The van der Waals surface area contributed by atoms with Gasteiger partial charge in [0.1, 0.15) is 17.3 Å². The number of methoxy groups -OCH3 is 1. The van der Waals surface area contributed by atoms with Gasteiger partial charge in [-0.2, -0.15) is 5.26 Å². The standard InChI is InChI=1S/C18H24N4O4/c1-3-26-17-13(9-19)14(20)8-15(22-17)16(23)21-10-11-4-6-12(7-5-11)18(24)25-2/h8,11-12H,3-7,10H2,1-2H3,(H2,20,22)(H,21,23). The van der Waals surface area contributed by atoms with Crippen LogP contribution < -0.4 is 15.8 Å². The van der Waals surface area contributed by atoms with E-state index in [1.807, 2.05) is 6.07 Å². The maximum Gasteiger partial charge on any atom is 0.308 e. The molecule has 0 radical (unpaired) electrons. The Morgan fingerprint density at radius 2 is 2.08 bits per heavy atom. The van der Waals surface area contributed by atoms with Crippen molar-refractivity contribution in [1.82, 2.24) is 10.3 Å². The Bertz CT molecular complexity index is 706. The van der Waals surface area contributed by atoms with Gasteiger partial charge in [0.05, 0.1) is 25.3 Å². The minimum atomic E-state index is -0.364. The van der Waals surface area contributed by atoms with E-state index in [1.165, 1.54) is 13.2 Å². The molecule has 0 aromatic carbocycles. The highest BCUT2D eigenvalue weighted by atomic mass is 16.5. The number of rotatable bonds is 6. The normalized spacial score (nSPS) is 19.3. The second-order valence-electron chi connectivity index (χ2n) is 6.27. The Labute approximate surface area is 152 Å². The van der Waals surface area contributed by atoms with Gasteiger partial charge in [0.25, 0.3) is 5.91 Å². The van der Waals surface area contributed by atoms with Crippen LogP contribution in [0.15, 0.2) is 6.07 Å². The Hall–Kier alpha value is -2.82. The lowest BCUT2D eigenvalue weighted by Crippen LogP contribution is -2.33. The van der Waals surface area contributed by atoms with E-state index in [-0.39, 0.29) is 40.6 Å². The first kappa shape index (κ1) is 19.5. The van der Waals surface area contributed by atoms with Gasteiger partial charge in [0.15, 0.2) is 0 Å². The SMILES string of the molecule is CCOc1nc(C(=O)NCC2CCC(C(=O)OC)CC2)cc(N)c1C#N. The number of nitriles is 1. The van der Waals surface area contributed by atoms with Gasteiger partial charge in [-0.25, -0.2) is 4.98 Å². The number of ether oxygens (including phenoxy) is 2. The zero-order valence-corrected chi connectivity index (χ0v) is 15.1. The summed E-state index contributed by atoms with van der Waals surface area (Å²) in [5, 5.41) is 12.0. The highest BCUT2D eigenvalue weighted by Crippen LogP contribution is 2.29. The molecule has 0 bridgehead atoms. The zero-order valence-electron chi connectivity index (χ0n) is 15.1. The van der Waals surface area contributed by atoms with Crippen LogP contribution in [0.1, 0.15) is 48.7 Å². The lowest BCUT2D eigenvalue weighted by atomic mass is 9.82. The zero-order chi connectivity index (χ0) is 19.1. The van der Waals surface area contributed by atoms with Crippen molar-refractivity contribution in [3.8, 4) is 11.9 Å². The molecule has 0 unspecified atom stereocenters. The van der Waals surface area contributed by atoms with E-state index in [9.17, 15) is 9.59 Å². The third-order valence-electron chi connectivity index (χ3n) is 4.57. The molecule has 8 heteroatoms. The number of amides is 1. The number of carbonyl (C=O) groups is 2. The first-order valence-electron chi connectivity index (χ1n) is 8.69. The Balaban J connectivity index is 1.94. The molecule has 1 aliphatic carbocycles. The molecule has 2 rings (SSSR count). The van der Waals surface area contributed by atoms with Gasteiger partial charge in [-0.3, -0.25) is 9.59 Å². The van der Waals surface area contributed by atoms with Gasteiger partial charge in [-0.05, 0) is 44.6 Å². The van der Waals surface area contributed by atoms with Crippen LogP contribution in [0.5, 0.6) is 5.88 Å². The predicted octanol–water partition coefficient (Wildman–Crippen LogP) is 1.64. The van der Waals surface area contributed by atoms with E-state index in [1.54, 1.807) is 6.92 Å². The monoisotopic (exact) mass is 360 g/mol. The molecule has 0 aliphatic heterocycles. The van der Waals surface area contributed by atoms with Crippen LogP contribution in [0, 0.1) is 23.2 Å². The molecule has 0 spiro atoms. The van der Waals surface area contributed by atoms with Crippen molar-refractivity contribution in [3.63, 3.8) is 0 Å². The molecule has 1 heterocycles. The number of nitrogens with zero attached hydrogens (tertiary/aromatic N) is 2. The fourth-order valence-electron chi connectivity index (χ4n) is 3.11. The minimum Gasteiger partial charge on any atom is -0.477 e. The summed E-state index contributed by atoms with van der Waals surface area (Å²) >= 11 is 0. The summed E-state index contributed by atoms with van der Waals surface area (Å²) in [7, 11) is 1.40. The topological polar surface area (TPSA) is 127 Å². The summed E-state index contributed by atoms with van der Waals surface area (Å²) in [6, 6.07) is 3.31. The molecule has 26 heavy (non-hydrogen) atoms. The third kappa shape index (κ3) is 4.63. The van der Waals surface area contributed by atoms with Crippen LogP contribution >= 0.6 is 0 Å². The molecule has 1 amide bonds. The van der Waals surface area contributed by atoms with E-state index >= 15 is 0 Å². The second kappa shape index (κ2) is 9.04. The number of pyridine rings is 1. The molecular weight excluding hydrogens is 336 g/mol. The lowest BCUT2D eigenvalue weighted by Gasteiger charge is -2.26. The highest BCUT2D eigenvalue weighted by Gasteiger charge is 2.27. The van der Waals surface area contributed by atoms with Crippen molar-refractivity contribution in [3.05, 3.63) is 17.3 Å². The number of nitrogen functional groups attached to an aromatic ring is 1. The van der Waals surface area contributed by atoms with E-state index in [2.05, 4.69) is 10.3 Å². The Kier molecular flexibility index (Phi) is 6.78. The van der Waals surface area contributed by atoms with Crippen molar-refractivity contribution in [1.29, 1.82) is 5.26 Å². The van der Waals surface area contributed by atoms with E-state index < -0.39 is 0 Å². The smallest absolute Gasteiger partial charge is 0.308 e. The number of carbonyl (C=O) groups excluding carboxylic acids is 2. The quantitative estimate of drug-likeness (QED) is 0.738. The van der Waals surface area contributed by atoms with Gasteiger partial charge in [-0.15, -0.1) is 0 Å². The van der Waals surface area contributed by atoms with Crippen molar-refractivity contribution < 1.29 is 19.1 Å². The predicted molar refractivity (Wildman–Crippen MR) is 94.3 cm³/mol. The minimum absolute atomic E-state index is 0.0410. The summed E-state index contributed by atoms with van der Waals surface area (Å²) in [6.07, 6.45) is 3.24. The van der Waals surface area contributed by atoms with Crippen LogP contribution in [-0.4, -0.2) is 37.1 Å². The van der Waals surface area contributed by atoms with Gasteiger partial charge >= 0.3 is 5.97 Å². The number of hydrogen-bond donors (Lipinski definition) is 2. The van der Waals surface area contributed by atoms with Gasteiger partial charge in [0.2, 0.25) is 5.88 Å². The fourth-order valence-corrected chi connectivity index (χ4v) is 3.11. The maximum absolute atomic E-state index is 12.4. The van der Waals surface area contributed by atoms with Crippen molar-refractivity contribution in [2.24, 2.45) is 11.8 Å². The molecule has 3 N–H and O–H groups in total. The first-order valence-corrected chi connectivity index (χ1v) is 8.69. The average Bonchev–Trinajstić information content (AvgIpc) is 2.66.